The van der Waals surface area contributed by atoms with Crippen LogP contribution >= 0.6 is 0 Å². The second-order valence-corrected chi connectivity index (χ2v) is 13.5. The van der Waals surface area contributed by atoms with Crippen LogP contribution in [0.2, 0.25) is 0 Å². The predicted octanol–water partition coefficient (Wildman–Crippen LogP) is 3.78. The van der Waals surface area contributed by atoms with Gasteiger partial charge in [-0.25, -0.2) is 0 Å². The summed E-state index contributed by atoms with van der Waals surface area (Å²) < 4.78 is 5.88. The summed E-state index contributed by atoms with van der Waals surface area (Å²) in [6.07, 6.45) is 2.49. The third-order valence-corrected chi connectivity index (χ3v) is 11.7. The van der Waals surface area contributed by atoms with E-state index in [4.69, 9.17) is 4.74 Å². The van der Waals surface area contributed by atoms with Crippen LogP contribution in [-0.2, 0) is 9.53 Å². The highest BCUT2D eigenvalue weighted by Crippen LogP contribution is 2.66. The quantitative estimate of drug-likeness (QED) is 0.419. The van der Waals surface area contributed by atoms with Crippen LogP contribution in [0.5, 0.6) is 0 Å². The van der Waals surface area contributed by atoms with Crippen molar-refractivity contribution in [3.05, 3.63) is 0 Å². The van der Waals surface area contributed by atoms with Crippen LogP contribution in [0.3, 0.4) is 0 Å². The Hall–Kier alpha value is -0.690. The molecule has 0 amide bonds. The normalized spacial score (nSPS) is 47.1. The third kappa shape index (κ3) is 4.38. The van der Waals surface area contributed by atoms with Crippen molar-refractivity contribution in [2.75, 3.05) is 6.61 Å². The molecule has 0 aromatic carbocycles. The standard InChI is InChI=1S/C29H50O6/c1-7-17(15(2)3)26(33)25(32)16(4)19-8-9-20-18-14-35-27(34)22-12-23(30)24(31)13-29(22,6)21(18)10-11-28(19,20)5/h15-26,30-33H,7-14H2,1-6H3/t16-,17-,18-,19+,20-,21-,22+,23-,24+,25-,26-,28+,29+/m0/s1. The fraction of sp³-hybridized carbons (Fsp3) is 0.966. The van der Waals surface area contributed by atoms with E-state index < -0.39 is 24.4 Å². The van der Waals surface area contributed by atoms with Crippen molar-refractivity contribution in [3.8, 4) is 0 Å². The van der Waals surface area contributed by atoms with Crippen molar-refractivity contribution in [1.29, 1.82) is 0 Å². The maximum atomic E-state index is 13.0. The summed E-state index contributed by atoms with van der Waals surface area (Å²) in [7, 11) is 0. The summed E-state index contributed by atoms with van der Waals surface area (Å²) in [6.45, 7) is 13.4. The van der Waals surface area contributed by atoms with E-state index in [0.29, 0.717) is 30.8 Å². The first-order valence-electron chi connectivity index (χ1n) is 14.3. The van der Waals surface area contributed by atoms with Gasteiger partial charge in [0.15, 0.2) is 0 Å². The van der Waals surface area contributed by atoms with Gasteiger partial charge < -0.3 is 25.2 Å². The maximum absolute atomic E-state index is 13.0. The molecule has 4 aliphatic rings. The van der Waals surface area contributed by atoms with E-state index in [2.05, 4.69) is 41.5 Å². The Labute approximate surface area is 211 Å². The number of aliphatic hydroxyl groups is 4. The van der Waals surface area contributed by atoms with Crippen molar-refractivity contribution in [2.24, 2.45) is 58.2 Å². The van der Waals surface area contributed by atoms with Crippen LogP contribution in [0.15, 0.2) is 0 Å². The molecule has 4 fully saturated rings. The van der Waals surface area contributed by atoms with Gasteiger partial charge in [0.2, 0.25) is 0 Å². The maximum Gasteiger partial charge on any atom is 0.309 e. The van der Waals surface area contributed by atoms with Crippen molar-refractivity contribution in [3.63, 3.8) is 0 Å². The first kappa shape index (κ1) is 27.3. The SMILES string of the molecule is CC[C@@H](C(C)C)[C@H](O)[C@@H](O)[C@@H](C)[C@H]1CC[C@H]2[C@@H]3COC(=O)[C@H]4C[C@H](O)[C@H](O)C[C@]4(C)[C@H]3CC[C@]12C. The first-order chi connectivity index (χ1) is 16.4. The summed E-state index contributed by atoms with van der Waals surface area (Å²) in [6, 6.07) is 0. The van der Waals surface area contributed by atoms with Crippen molar-refractivity contribution in [1.82, 2.24) is 0 Å². The van der Waals surface area contributed by atoms with E-state index in [0.717, 1.165) is 32.1 Å². The zero-order valence-corrected chi connectivity index (χ0v) is 22.7. The molecule has 35 heavy (non-hydrogen) atoms. The number of ether oxygens (including phenoxy) is 1. The molecule has 0 spiro atoms. The van der Waals surface area contributed by atoms with Crippen molar-refractivity contribution < 1.29 is 30.0 Å². The number of carbonyl (C=O) groups is 1. The fourth-order valence-electron chi connectivity index (χ4n) is 9.60. The number of carbonyl (C=O) groups excluding carboxylic acids is 1. The Kier molecular flexibility index (Phi) is 7.72. The van der Waals surface area contributed by atoms with Gasteiger partial charge in [-0.05, 0) is 90.8 Å². The molecule has 0 unspecified atom stereocenters. The highest BCUT2D eigenvalue weighted by atomic mass is 16.5. The third-order valence-electron chi connectivity index (χ3n) is 11.7. The van der Waals surface area contributed by atoms with Crippen LogP contribution in [0.4, 0.5) is 0 Å². The summed E-state index contributed by atoms with van der Waals surface area (Å²) >= 11 is 0. The van der Waals surface area contributed by atoms with Gasteiger partial charge in [0.05, 0.1) is 36.9 Å². The Balaban J connectivity index is 1.57. The minimum atomic E-state index is -0.867. The molecular formula is C29H50O6. The van der Waals surface area contributed by atoms with Crippen molar-refractivity contribution in [2.45, 2.75) is 111 Å². The molecule has 202 valence electrons. The lowest BCUT2D eigenvalue weighted by atomic mass is 9.48. The lowest BCUT2D eigenvalue weighted by Gasteiger charge is -2.56. The van der Waals surface area contributed by atoms with Gasteiger partial charge in [-0.2, -0.15) is 0 Å². The average Bonchev–Trinajstić information content (AvgIpc) is 3.11. The van der Waals surface area contributed by atoms with Gasteiger partial charge in [0.25, 0.3) is 0 Å². The van der Waals surface area contributed by atoms with Crippen LogP contribution in [0.25, 0.3) is 0 Å². The molecule has 4 rings (SSSR count). The predicted molar refractivity (Wildman–Crippen MR) is 134 cm³/mol. The Bertz CT molecular complexity index is 770. The highest BCUT2D eigenvalue weighted by molar-refractivity contribution is 5.74. The largest absolute Gasteiger partial charge is 0.465 e. The lowest BCUT2D eigenvalue weighted by Crippen LogP contribution is -2.55. The van der Waals surface area contributed by atoms with E-state index in [1.807, 2.05) is 0 Å². The molecule has 0 aromatic heterocycles. The van der Waals surface area contributed by atoms with E-state index in [9.17, 15) is 25.2 Å². The van der Waals surface area contributed by atoms with Crippen molar-refractivity contribution >= 4 is 5.97 Å². The molecule has 3 aliphatic carbocycles. The number of hydrogen-bond donors (Lipinski definition) is 4. The number of fused-ring (bicyclic) bond motifs is 5. The van der Waals surface area contributed by atoms with Gasteiger partial charge in [-0.15, -0.1) is 0 Å². The number of hydrogen-bond acceptors (Lipinski definition) is 6. The highest BCUT2D eigenvalue weighted by Gasteiger charge is 2.63. The van der Waals surface area contributed by atoms with Gasteiger partial charge in [-0.1, -0.05) is 48.0 Å². The van der Waals surface area contributed by atoms with E-state index in [1.165, 1.54) is 0 Å². The monoisotopic (exact) mass is 494 g/mol. The molecule has 1 saturated heterocycles. The molecule has 0 radical (unpaired) electrons. The molecule has 6 nitrogen and oxygen atoms in total. The molecule has 3 saturated carbocycles. The molecule has 6 heteroatoms. The van der Waals surface area contributed by atoms with Crippen LogP contribution in [-0.4, -0.2) is 57.4 Å². The Morgan fingerprint density at radius 1 is 0.971 bits per heavy atom. The minimum absolute atomic E-state index is 0.00679. The molecule has 1 aliphatic heterocycles. The van der Waals surface area contributed by atoms with Gasteiger partial charge in [0.1, 0.15) is 0 Å². The summed E-state index contributed by atoms with van der Waals surface area (Å²) in [5, 5.41) is 43.2. The second kappa shape index (κ2) is 9.89. The van der Waals surface area contributed by atoms with Crippen LogP contribution in [0.1, 0.15) is 86.5 Å². The second-order valence-electron chi connectivity index (χ2n) is 13.5. The number of esters is 1. The van der Waals surface area contributed by atoms with E-state index in [-0.39, 0.29) is 52.8 Å². The minimum Gasteiger partial charge on any atom is -0.465 e. The molecule has 0 bridgehead atoms. The van der Waals surface area contributed by atoms with Gasteiger partial charge in [0, 0.05) is 0 Å². The smallest absolute Gasteiger partial charge is 0.309 e. The topological polar surface area (TPSA) is 107 Å². The first-order valence-corrected chi connectivity index (χ1v) is 14.3. The fourth-order valence-corrected chi connectivity index (χ4v) is 9.60. The van der Waals surface area contributed by atoms with E-state index >= 15 is 0 Å². The summed E-state index contributed by atoms with van der Waals surface area (Å²) in [5.41, 5.74) is -0.348. The van der Waals surface area contributed by atoms with E-state index in [1.54, 1.807) is 0 Å². The molecular weight excluding hydrogens is 444 g/mol. The summed E-state index contributed by atoms with van der Waals surface area (Å²) in [5.74, 6) is 1.01. The zero-order valence-electron chi connectivity index (χ0n) is 22.7. The van der Waals surface area contributed by atoms with Gasteiger partial charge >= 0.3 is 5.97 Å². The average molecular weight is 495 g/mol. The van der Waals surface area contributed by atoms with Gasteiger partial charge in [-0.3, -0.25) is 4.79 Å². The number of aliphatic hydroxyl groups excluding tert-OH is 4. The summed E-state index contributed by atoms with van der Waals surface area (Å²) in [4.78, 5) is 13.0. The number of rotatable bonds is 6. The molecule has 4 N–H and O–H groups in total. The van der Waals surface area contributed by atoms with Crippen LogP contribution in [0, 0.1) is 58.2 Å². The Morgan fingerprint density at radius 2 is 1.63 bits per heavy atom. The van der Waals surface area contributed by atoms with Crippen LogP contribution < -0.4 is 0 Å². The molecule has 13 atom stereocenters. The molecule has 0 aromatic rings. The lowest BCUT2D eigenvalue weighted by molar-refractivity contribution is -0.162. The molecule has 1 heterocycles. The Morgan fingerprint density at radius 3 is 2.26 bits per heavy atom. The zero-order chi connectivity index (χ0) is 25.9. The number of cyclic esters (lactones) is 1.